The zero-order chi connectivity index (χ0) is 22.7. The number of non-ortho nitro benzene ring substituents is 1. The second-order valence-corrected chi connectivity index (χ2v) is 7.38. The predicted octanol–water partition coefficient (Wildman–Crippen LogP) is 5.61. The first-order valence-corrected chi connectivity index (χ1v) is 9.84. The summed E-state index contributed by atoms with van der Waals surface area (Å²) in [5.74, 6) is 0. The van der Waals surface area contributed by atoms with Gasteiger partial charge in [-0.3, -0.25) is 25.7 Å². The molecule has 1 aromatic heterocycles. The molecule has 0 bridgehead atoms. The second kappa shape index (κ2) is 8.86. The molecule has 10 heteroatoms. The lowest BCUT2D eigenvalue weighted by Crippen LogP contribution is -1.99. The maximum Gasteiger partial charge on any atom is 0.301 e. The second-order valence-electron chi connectivity index (χ2n) is 6.94. The number of benzene rings is 3. The Balaban J connectivity index is 1.62. The first-order chi connectivity index (χ1) is 15.4. The highest BCUT2D eigenvalue weighted by atomic mass is 35.5. The molecule has 160 valence electrons. The van der Waals surface area contributed by atoms with Crippen molar-refractivity contribution in [3.8, 4) is 0 Å². The molecule has 0 saturated heterocycles. The minimum absolute atomic E-state index is 0.0572. The summed E-state index contributed by atoms with van der Waals surface area (Å²) in [6.45, 7) is 0.632. The molecule has 0 aliphatic rings. The Kier molecular flexibility index (Phi) is 5.82. The van der Waals surface area contributed by atoms with Crippen LogP contribution in [0.4, 0.5) is 17.1 Å². The number of fused-ring (bicyclic) bond motifs is 1. The van der Waals surface area contributed by atoms with Gasteiger partial charge in [0.1, 0.15) is 5.69 Å². The highest BCUT2D eigenvalue weighted by molar-refractivity contribution is 6.30. The molecule has 0 aliphatic heterocycles. The number of para-hydroxylation sites is 1. The van der Waals surface area contributed by atoms with Gasteiger partial charge < -0.3 is 4.57 Å². The monoisotopic (exact) mass is 449 g/mol. The Morgan fingerprint density at radius 2 is 1.75 bits per heavy atom. The number of hydrazone groups is 1. The Hall–Kier alpha value is -4.24. The first kappa shape index (κ1) is 21.0. The summed E-state index contributed by atoms with van der Waals surface area (Å²) in [6.07, 6.45) is 3.50. The van der Waals surface area contributed by atoms with E-state index in [1.54, 1.807) is 6.21 Å². The van der Waals surface area contributed by atoms with Crippen molar-refractivity contribution in [2.45, 2.75) is 6.54 Å². The molecular formula is C22H16ClN5O4. The standard InChI is InChI=1S/C22H16ClN5O4/c23-17-7-5-15(6-8-17)13-26-14-16(19-3-1-2-4-21(19)26)12-24-25-20-10-9-18(27(29)30)11-22(20)28(31)32/h1-12,14,25H,13H2/b24-12-. The third-order valence-electron chi connectivity index (χ3n) is 4.86. The lowest BCUT2D eigenvalue weighted by Gasteiger charge is -2.05. The SMILES string of the molecule is O=[N+]([O-])c1ccc(N/N=C\c2cn(Cc3ccc(Cl)cc3)c3ccccc23)c([N+](=O)[O-])c1. The van der Waals surface area contributed by atoms with Gasteiger partial charge in [-0.15, -0.1) is 0 Å². The summed E-state index contributed by atoms with van der Waals surface area (Å²) in [4.78, 5) is 20.8. The lowest BCUT2D eigenvalue weighted by molar-refractivity contribution is -0.393. The van der Waals surface area contributed by atoms with Crippen LogP contribution in [0.25, 0.3) is 10.9 Å². The molecule has 0 fully saturated rings. The highest BCUT2D eigenvalue weighted by Crippen LogP contribution is 2.29. The molecule has 1 N–H and O–H groups in total. The molecule has 9 nitrogen and oxygen atoms in total. The van der Waals surface area contributed by atoms with Crippen molar-refractivity contribution in [2.24, 2.45) is 5.10 Å². The molecule has 0 atom stereocenters. The van der Waals surface area contributed by atoms with Gasteiger partial charge in [0.15, 0.2) is 0 Å². The molecule has 4 aromatic rings. The van der Waals surface area contributed by atoms with Gasteiger partial charge in [-0.2, -0.15) is 5.10 Å². The van der Waals surface area contributed by atoms with Crippen LogP contribution in [0.3, 0.4) is 0 Å². The van der Waals surface area contributed by atoms with Crippen molar-refractivity contribution in [3.05, 3.63) is 109 Å². The average molecular weight is 450 g/mol. The summed E-state index contributed by atoms with van der Waals surface area (Å²) in [5, 5.41) is 27.9. The van der Waals surface area contributed by atoms with Crippen molar-refractivity contribution >= 4 is 45.8 Å². The third kappa shape index (κ3) is 4.42. The van der Waals surface area contributed by atoms with E-state index >= 15 is 0 Å². The highest BCUT2D eigenvalue weighted by Gasteiger charge is 2.19. The van der Waals surface area contributed by atoms with Crippen LogP contribution in [0, 0.1) is 20.2 Å². The molecule has 0 radical (unpaired) electrons. The van der Waals surface area contributed by atoms with Gasteiger partial charge in [-0.1, -0.05) is 41.9 Å². The molecule has 4 rings (SSSR count). The van der Waals surface area contributed by atoms with Crippen molar-refractivity contribution in [1.82, 2.24) is 4.57 Å². The van der Waals surface area contributed by atoms with E-state index < -0.39 is 15.5 Å². The summed E-state index contributed by atoms with van der Waals surface area (Å²) < 4.78 is 2.08. The van der Waals surface area contributed by atoms with E-state index in [2.05, 4.69) is 15.1 Å². The zero-order valence-corrected chi connectivity index (χ0v) is 17.3. The van der Waals surface area contributed by atoms with Gasteiger partial charge in [-0.25, -0.2) is 0 Å². The first-order valence-electron chi connectivity index (χ1n) is 9.46. The number of anilines is 1. The Morgan fingerprint density at radius 1 is 1.00 bits per heavy atom. The smallest absolute Gasteiger partial charge is 0.301 e. The summed E-state index contributed by atoms with van der Waals surface area (Å²) >= 11 is 5.97. The van der Waals surface area contributed by atoms with Crippen molar-refractivity contribution < 1.29 is 9.85 Å². The van der Waals surface area contributed by atoms with Gasteiger partial charge >= 0.3 is 5.69 Å². The minimum Gasteiger partial charge on any atom is -0.342 e. The number of nitro benzene ring substituents is 2. The normalized spacial score (nSPS) is 11.2. The molecule has 32 heavy (non-hydrogen) atoms. The fourth-order valence-corrected chi connectivity index (χ4v) is 3.47. The van der Waals surface area contributed by atoms with Gasteiger partial charge in [-0.05, 0) is 29.8 Å². The van der Waals surface area contributed by atoms with Gasteiger partial charge in [0.2, 0.25) is 0 Å². The topological polar surface area (TPSA) is 116 Å². The molecule has 0 amide bonds. The fraction of sp³-hybridized carbons (Fsp3) is 0.0455. The number of nitrogens with one attached hydrogen (secondary N) is 1. The Bertz CT molecular complexity index is 1350. The number of nitrogens with zero attached hydrogens (tertiary/aromatic N) is 4. The van der Waals surface area contributed by atoms with Crippen LogP contribution < -0.4 is 5.43 Å². The number of halogens is 1. The number of nitro groups is 2. The fourth-order valence-electron chi connectivity index (χ4n) is 3.35. The zero-order valence-electron chi connectivity index (χ0n) is 16.5. The van der Waals surface area contributed by atoms with Crippen molar-refractivity contribution in [1.29, 1.82) is 0 Å². The molecule has 0 saturated carbocycles. The van der Waals surface area contributed by atoms with E-state index in [-0.39, 0.29) is 11.4 Å². The van der Waals surface area contributed by atoms with Gasteiger partial charge in [0, 0.05) is 40.3 Å². The number of hydrogen-bond acceptors (Lipinski definition) is 6. The van der Waals surface area contributed by atoms with Crippen LogP contribution in [0.5, 0.6) is 0 Å². The Morgan fingerprint density at radius 3 is 2.47 bits per heavy atom. The lowest BCUT2D eigenvalue weighted by atomic mass is 10.2. The average Bonchev–Trinajstić information content (AvgIpc) is 3.13. The molecule has 3 aromatic carbocycles. The van der Waals surface area contributed by atoms with Gasteiger partial charge in [0.05, 0.1) is 22.1 Å². The number of rotatable bonds is 7. The van der Waals surface area contributed by atoms with Crippen LogP contribution in [0.15, 0.2) is 78.0 Å². The minimum atomic E-state index is -0.692. The third-order valence-corrected chi connectivity index (χ3v) is 5.12. The quantitative estimate of drug-likeness (QED) is 0.224. The summed E-state index contributed by atoms with van der Waals surface area (Å²) in [6, 6.07) is 18.8. The summed E-state index contributed by atoms with van der Waals surface area (Å²) in [7, 11) is 0. The number of aromatic nitrogens is 1. The maximum atomic E-state index is 11.3. The maximum absolute atomic E-state index is 11.3. The van der Waals surface area contributed by atoms with E-state index in [9.17, 15) is 20.2 Å². The van der Waals surface area contributed by atoms with E-state index in [4.69, 9.17) is 11.6 Å². The van der Waals surface area contributed by atoms with Crippen molar-refractivity contribution in [2.75, 3.05) is 5.43 Å². The van der Waals surface area contributed by atoms with E-state index in [0.29, 0.717) is 11.6 Å². The van der Waals surface area contributed by atoms with E-state index in [1.807, 2.05) is 54.7 Å². The Labute approximate surface area is 186 Å². The molecule has 1 heterocycles. The van der Waals surface area contributed by atoms with Crippen LogP contribution in [-0.2, 0) is 6.54 Å². The molecule has 0 aliphatic carbocycles. The molecule has 0 spiro atoms. The van der Waals surface area contributed by atoms with E-state index in [1.165, 1.54) is 12.1 Å². The molecule has 0 unspecified atom stereocenters. The van der Waals surface area contributed by atoms with E-state index in [0.717, 1.165) is 28.1 Å². The largest absolute Gasteiger partial charge is 0.342 e. The van der Waals surface area contributed by atoms with Crippen molar-refractivity contribution in [3.63, 3.8) is 0 Å². The molecular weight excluding hydrogens is 434 g/mol. The summed E-state index contributed by atoms with van der Waals surface area (Å²) in [5.41, 5.74) is 4.78. The van der Waals surface area contributed by atoms with Crippen LogP contribution in [0.1, 0.15) is 11.1 Å². The predicted molar refractivity (Wildman–Crippen MR) is 123 cm³/mol. The number of hydrogen-bond donors (Lipinski definition) is 1. The van der Waals surface area contributed by atoms with Crippen LogP contribution in [-0.4, -0.2) is 20.6 Å². The van der Waals surface area contributed by atoms with Crippen LogP contribution in [0.2, 0.25) is 5.02 Å². The van der Waals surface area contributed by atoms with Crippen LogP contribution >= 0.6 is 11.6 Å². The van der Waals surface area contributed by atoms with Gasteiger partial charge in [0.25, 0.3) is 5.69 Å².